The van der Waals surface area contributed by atoms with Gasteiger partial charge in [-0.25, -0.2) is 0 Å². The second-order valence-corrected chi connectivity index (χ2v) is 5.67. The minimum Gasteiger partial charge on any atom is -0.358 e. The summed E-state index contributed by atoms with van der Waals surface area (Å²) >= 11 is 0. The van der Waals surface area contributed by atoms with Crippen LogP contribution >= 0.6 is 0 Å². The largest absolute Gasteiger partial charge is 0.358 e. The summed E-state index contributed by atoms with van der Waals surface area (Å²) in [6.07, 6.45) is 0.820. The van der Waals surface area contributed by atoms with Gasteiger partial charge in [0, 0.05) is 12.1 Å². The van der Waals surface area contributed by atoms with Crippen molar-refractivity contribution in [2.45, 2.75) is 25.8 Å². The van der Waals surface area contributed by atoms with E-state index in [1.807, 2.05) is 23.1 Å². The second-order valence-electron chi connectivity index (χ2n) is 5.67. The SMILES string of the molecule is Cc1ccc2c(c1)[C@@H](CC[NH3+])C(=O)N2Cc1ccccc1. The van der Waals surface area contributed by atoms with Crippen LogP contribution in [0.15, 0.2) is 48.5 Å². The van der Waals surface area contributed by atoms with Gasteiger partial charge < -0.3 is 10.6 Å². The Morgan fingerprint density at radius 1 is 1.14 bits per heavy atom. The Kier molecular flexibility index (Phi) is 3.76. The van der Waals surface area contributed by atoms with E-state index in [2.05, 4.69) is 43.0 Å². The van der Waals surface area contributed by atoms with Crippen LogP contribution in [0.5, 0.6) is 0 Å². The molecule has 1 aliphatic heterocycles. The number of rotatable bonds is 4. The van der Waals surface area contributed by atoms with E-state index in [1.165, 1.54) is 11.1 Å². The molecule has 3 N–H and O–H groups in total. The van der Waals surface area contributed by atoms with Crippen LogP contribution in [0.2, 0.25) is 0 Å². The molecule has 0 spiro atoms. The summed E-state index contributed by atoms with van der Waals surface area (Å²) in [5, 5.41) is 0. The summed E-state index contributed by atoms with van der Waals surface area (Å²) in [7, 11) is 0. The summed E-state index contributed by atoms with van der Waals surface area (Å²) < 4.78 is 0. The highest BCUT2D eigenvalue weighted by Crippen LogP contribution is 2.40. The number of quaternary nitrogens is 1. The Balaban J connectivity index is 1.97. The van der Waals surface area contributed by atoms with Crippen molar-refractivity contribution in [3.63, 3.8) is 0 Å². The van der Waals surface area contributed by atoms with Gasteiger partial charge in [0.2, 0.25) is 5.91 Å². The fourth-order valence-corrected chi connectivity index (χ4v) is 3.05. The zero-order chi connectivity index (χ0) is 14.8. The maximum Gasteiger partial charge on any atom is 0.235 e. The lowest BCUT2D eigenvalue weighted by Gasteiger charge is -2.18. The molecule has 0 radical (unpaired) electrons. The molecule has 2 aromatic rings. The summed E-state index contributed by atoms with van der Waals surface area (Å²) in [5.74, 6) is 0.184. The minimum atomic E-state index is -0.0267. The van der Waals surface area contributed by atoms with E-state index in [0.29, 0.717) is 6.54 Å². The molecule has 3 rings (SSSR count). The summed E-state index contributed by atoms with van der Waals surface area (Å²) in [4.78, 5) is 14.7. The average Bonchev–Trinajstić information content (AvgIpc) is 2.74. The fourth-order valence-electron chi connectivity index (χ4n) is 3.05. The number of hydrogen-bond donors (Lipinski definition) is 1. The molecule has 0 saturated heterocycles. The van der Waals surface area contributed by atoms with Crippen molar-refractivity contribution in [2.75, 3.05) is 11.4 Å². The van der Waals surface area contributed by atoms with E-state index in [1.54, 1.807) is 0 Å². The Morgan fingerprint density at radius 2 is 1.90 bits per heavy atom. The normalized spacial score (nSPS) is 17.1. The zero-order valence-electron chi connectivity index (χ0n) is 12.4. The van der Waals surface area contributed by atoms with Crippen LogP contribution < -0.4 is 10.6 Å². The van der Waals surface area contributed by atoms with Gasteiger partial charge in [0.15, 0.2) is 0 Å². The van der Waals surface area contributed by atoms with Crippen LogP contribution in [0.25, 0.3) is 0 Å². The average molecular weight is 281 g/mol. The highest BCUT2D eigenvalue weighted by molar-refractivity contribution is 6.04. The van der Waals surface area contributed by atoms with E-state index in [0.717, 1.165) is 24.2 Å². The molecule has 0 aliphatic carbocycles. The fraction of sp³-hybridized carbons (Fsp3) is 0.278. The summed E-state index contributed by atoms with van der Waals surface area (Å²) in [5.41, 5.74) is 8.51. The van der Waals surface area contributed by atoms with Gasteiger partial charge in [-0.05, 0) is 24.1 Å². The van der Waals surface area contributed by atoms with Gasteiger partial charge in [-0.3, -0.25) is 4.79 Å². The van der Waals surface area contributed by atoms with Crippen molar-refractivity contribution in [2.24, 2.45) is 0 Å². The van der Waals surface area contributed by atoms with Gasteiger partial charge in [-0.15, -0.1) is 0 Å². The monoisotopic (exact) mass is 281 g/mol. The Morgan fingerprint density at radius 3 is 2.62 bits per heavy atom. The first-order valence-corrected chi connectivity index (χ1v) is 7.46. The molecule has 2 aromatic carbocycles. The smallest absolute Gasteiger partial charge is 0.235 e. The van der Waals surface area contributed by atoms with Crippen LogP contribution in [0, 0.1) is 6.92 Å². The van der Waals surface area contributed by atoms with Crippen molar-refractivity contribution < 1.29 is 10.5 Å². The molecule has 1 aliphatic rings. The van der Waals surface area contributed by atoms with E-state index in [4.69, 9.17) is 0 Å². The Labute approximate surface area is 125 Å². The first-order valence-electron chi connectivity index (χ1n) is 7.46. The highest BCUT2D eigenvalue weighted by atomic mass is 16.2. The molecule has 1 atom stereocenters. The number of benzene rings is 2. The number of aryl methyl sites for hydroxylation is 1. The maximum absolute atomic E-state index is 12.8. The molecule has 108 valence electrons. The van der Waals surface area contributed by atoms with Gasteiger partial charge in [0.1, 0.15) is 0 Å². The third-order valence-corrected chi connectivity index (χ3v) is 4.09. The lowest BCUT2D eigenvalue weighted by molar-refractivity contribution is -0.368. The number of nitrogens with zero attached hydrogens (tertiary/aromatic N) is 1. The van der Waals surface area contributed by atoms with Crippen LogP contribution in [0.1, 0.15) is 29.0 Å². The molecule has 21 heavy (non-hydrogen) atoms. The quantitative estimate of drug-likeness (QED) is 0.918. The molecular formula is C18H21N2O+. The molecule has 0 fully saturated rings. The van der Waals surface area contributed by atoms with Crippen LogP contribution in [0.3, 0.4) is 0 Å². The number of fused-ring (bicyclic) bond motifs is 1. The molecule has 0 aromatic heterocycles. The van der Waals surface area contributed by atoms with Gasteiger partial charge in [-0.1, -0.05) is 48.0 Å². The van der Waals surface area contributed by atoms with Crippen LogP contribution in [-0.4, -0.2) is 12.5 Å². The van der Waals surface area contributed by atoms with E-state index < -0.39 is 0 Å². The lowest BCUT2D eigenvalue weighted by atomic mass is 9.96. The van der Waals surface area contributed by atoms with Crippen LogP contribution in [-0.2, 0) is 11.3 Å². The standard InChI is InChI=1S/C18H20N2O/c1-13-7-8-17-16(11-13)15(9-10-19)18(21)20(17)12-14-5-3-2-4-6-14/h2-8,11,15H,9-10,12,19H2,1H3/p+1/t15-/m1/s1. The van der Waals surface area contributed by atoms with E-state index in [9.17, 15) is 4.79 Å². The van der Waals surface area contributed by atoms with Crippen molar-refractivity contribution in [1.29, 1.82) is 0 Å². The van der Waals surface area contributed by atoms with Gasteiger partial charge >= 0.3 is 0 Å². The Hall–Kier alpha value is -2.13. The molecule has 3 nitrogen and oxygen atoms in total. The topological polar surface area (TPSA) is 48.0 Å². The molecule has 1 heterocycles. The van der Waals surface area contributed by atoms with Crippen molar-refractivity contribution in [1.82, 2.24) is 0 Å². The maximum atomic E-state index is 12.8. The first kappa shape index (κ1) is 13.8. The number of carbonyl (C=O) groups is 1. The van der Waals surface area contributed by atoms with Crippen molar-refractivity contribution in [3.8, 4) is 0 Å². The zero-order valence-corrected chi connectivity index (χ0v) is 12.4. The van der Waals surface area contributed by atoms with Gasteiger partial charge in [-0.2, -0.15) is 0 Å². The molecular weight excluding hydrogens is 260 g/mol. The molecule has 0 saturated carbocycles. The second kappa shape index (κ2) is 5.70. The van der Waals surface area contributed by atoms with Gasteiger partial charge in [0.25, 0.3) is 0 Å². The molecule has 1 amide bonds. The third-order valence-electron chi connectivity index (χ3n) is 4.09. The van der Waals surface area contributed by atoms with E-state index in [-0.39, 0.29) is 11.8 Å². The predicted octanol–water partition coefficient (Wildman–Crippen LogP) is 2.26. The number of amides is 1. The minimum absolute atomic E-state index is 0.0267. The van der Waals surface area contributed by atoms with E-state index >= 15 is 0 Å². The third kappa shape index (κ3) is 2.57. The first-order chi connectivity index (χ1) is 10.2. The lowest BCUT2D eigenvalue weighted by Crippen LogP contribution is -2.51. The molecule has 0 unspecified atom stereocenters. The highest BCUT2D eigenvalue weighted by Gasteiger charge is 2.36. The summed E-state index contributed by atoms with van der Waals surface area (Å²) in [6.45, 7) is 3.50. The van der Waals surface area contributed by atoms with Gasteiger partial charge in [0.05, 0.1) is 19.0 Å². The van der Waals surface area contributed by atoms with Crippen molar-refractivity contribution in [3.05, 3.63) is 65.2 Å². The van der Waals surface area contributed by atoms with Crippen molar-refractivity contribution >= 4 is 11.6 Å². The molecule has 3 heteroatoms. The Bertz CT molecular complexity index is 652. The van der Waals surface area contributed by atoms with Crippen LogP contribution in [0.4, 0.5) is 5.69 Å². The molecule has 0 bridgehead atoms. The number of carbonyl (C=O) groups excluding carboxylic acids is 1. The summed E-state index contributed by atoms with van der Waals surface area (Å²) in [6, 6.07) is 16.5. The number of anilines is 1. The number of hydrogen-bond acceptors (Lipinski definition) is 1. The predicted molar refractivity (Wildman–Crippen MR) is 83.9 cm³/mol.